The Labute approximate surface area is 118 Å². The molecule has 1 amide bonds. The molecule has 3 atom stereocenters. The maximum atomic E-state index is 12.0. The molecule has 0 aliphatic carbocycles. The molecule has 6 heteroatoms. The molecule has 1 unspecified atom stereocenters. The summed E-state index contributed by atoms with van der Waals surface area (Å²) in [5.74, 6) is 0.437. The van der Waals surface area contributed by atoms with Crippen LogP contribution in [0.5, 0.6) is 0 Å². The van der Waals surface area contributed by atoms with E-state index in [1.807, 2.05) is 34.6 Å². The number of nitrogens with zero attached hydrogens (tertiary/aromatic N) is 2. The standard InChI is InChI=1S/C13H24N2O3S/c1-9-8-15(12(16)17)7-6-11(9)10(2)14-19(18)13(3,4)5/h9,11H,6-8H2,1-5H3,(H,16,17)/t9-,11+,19?/m0/s1. The number of piperidine rings is 1. The molecule has 5 nitrogen and oxygen atoms in total. The summed E-state index contributed by atoms with van der Waals surface area (Å²) < 4.78 is 16.0. The van der Waals surface area contributed by atoms with Gasteiger partial charge in [-0.3, -0.25) is 0 Å². The van der Waals surface area contributed by atoms with Gasteiger partial charge in [0.1, 0.15) is 16.1 Å². The lowest BCUT2D eigenvalue weighted by molar-refractivity contribution is 0.114. The van der Waals surface area contributed by atoms with Crippen LogP contribution in [0.2, 0.25) is 0 Å². The Morgan fingerprint density at radius 1 is 1.47 bits per heavy atom. The molecule has 0 aromatic heterocycles. The minimum atomic E-state index is -1.24. The summed E-state index contributed by atoms with van der Waals surface area (Å²) >= 11 is -1.24. The van der Waals surface area contributed by atoms with Crippen LogP contribution in [0.15, 0.2) is 4.40 Å². The van der Waals surface area contributed by atoms with Crippen LogP contribution in [-0.2, 0) is 11.4 Å². The van der Waals surface area contributed by atoms with E-state index in [1.54, 1.807) is 0 Å². The van der Waals surface area contributed by atoms with E-state index in [0.717, 1.165) is 12.1 Å². The maximum Gasteiger partial charge on any atom is 0.407 e. The van der Waals surface area contributed by atoms with Crippen LogP contribution in [0.3, 0.4) is 0 Å². The lowest BCUT2D eigenvalue weighted by Gasteiger charge is -2.35. The molecule has 0 spiro atoms. The first-order valence-corrected chi connectivity index (χ1v) is 7.68. The summed E-state index contributed by atoms with van der Waals surface area (Å²) in [6, 6.07) is 0. The lowest BCUT2D eigenvalue weighted by Crippen LogP contribution is -2.44. The van der Waals surface area contributed by atoms with E-state index in [-0.39, 0.29) is 16.6 Å². The summed E-state index contributed by atoms with van der Waals surface area (Å²) in [7, 11) is 0. The van der Waals surface area contributed by atoms with E-state index in [0.29, 0.717) is 13.1 Å². The van der Waals surface area contributed by atoms with Crippen molar-refractivity contribution in [2.45, 2.75) is 45.8 Å². The molecule has 1 rings (SSSR count). The number of amides is 1. The highest BCUT2D eigenvalue weighted by atomic mass is 32.2. The first-order valence-electron chi connectivity index (χ1n) is 6.58. The minimum absolute atomic E-state index is 0.213. The average molecular weight is 288 g/mol. The zero-order chi connectivity index (χ0) is 14.8. The summed E-state index contributed by atoms with van der Waals surface area (Å²) in [5.41, 5.74) is 0.880. The lowest BCUT2D eigenvalue weighted by atomic mass is 9.84. The van der Waals surface area contributed by atoms with Crippen LogP contribution in [0.4, 0.5) is 4.79 Å². The molecule has 110 valence electrons. The second-order valence-electron chi connectivity index (χ2n) is 6.20. The summed E-state index contributed by atoms with van der Waals surface area (Å²) in [6.45, 7) is 10.7. The van der Waals surface area contributed by atoms with Gasteiger partial charge in [0, 0.05) is 19.0 Å². The van der Waals surface area contributed by atoms with Crippen LogP contribution < -0.4 is 0 Å². The summed E-state index contributed by atoms with van der Waals surface area (Å²) in [6.07, 6.45) is -0.109. The van der Waals surface area contributed by atoms with Gasteiger partial charge >= 0.3 is 6.09 Å². The van der Waals surface area contributed by atoms with Crippen LogP contribution in [-0.4, -0.2) is 44.2 Å². The van der Waals surface area contributed by atoms with Crippen LogP contribution in [0.25, 0.3) is 0 Å². The molecule has 1 saturated heterocycles. The highest BCUT2D eigenvalue weighted by Gasteiger charge is 2.33. The van der Waals surface area contributed by atoms with Gasteiger partial charge in [0.25, 0.3) is 0 Å². The molecule has 1 fully saturated rings. The minimum Gasteiger partial charge on any atom is -0.591 e. The smallest absolute Gasteiger partial charge is 0.407 e. The maximum absolute atomic E-state index is 12.0. The topological polar surface area (TPSA) is 76.0 Å². The summed E-state index contributed by atoms with van der Waals surface area (Å²) in [4.78, 5) is 12.4. The Morgan fingerprint density at radius 2 is 2.05 bits per heavy atom. The quantitative estimate of drug-likeness (QED) is 0.626. The number of likely N-dealkylation sites (tertiary alicyclic amines) is 1. The fourth-order valence-corrected chi connectivity index (χ4v) is 2.95. The molecule has 0 bridgehead atoms. The van der Waals surface area contributed by atoms with Crippen LogP contribution >= 0.6 is 0 Å². The predicted molar refractivity (Wildman–Crippen MR) is 77.9 cm³/mol. The Kier molecular flexibility index (Phi) is 5.26. The monoisotopic (exact) mass is 288 g/mol. The first-order chi connectivity index (χ1) is 8.62. The molecule has 1 heterocycles. The van der Waals surface area contributed by atoms with E-state index < -0.39 is 17.5 Å². The van der Waals surface area contributed by atoms with Crippen LogP contribution in [0.1, 0.15) is 41.0 Å². The van der Waals surface area contributed by atoms with Gasteiger partial charge in [-0.15, -0.1) is 0 Å². The third kappa shape index (κ3) is 4.38. The highest BCUT2D eigenvalue weighted by Crippen LogP contribution is 2.26. The fraction of sp³-hybridized carbons (Fsp3) is 0.846. The van der Waals surface area contributed by atoms with Gasteiger partial charge < -0.3 is 14.6 Å². The number of carbonyl (C=O) groups is 1. The molecule has 1 aliphatic heterocycles. The van der Waals surface area contributed by atoms with Gasteiger partial charge in [0.05, 0.1) is 5.71 Å². The number of hydrogen-bond donors (Lipinski definition) is 1. The SMILES string of the molecule is CC(=N[S+]([O-])C(C)(C)C)[C@@H]1CCN(C(=O)O)C[C@@H]1C. The molecule has 0 saturated carbocycles. The second-order valence-corrected chi connectivity index (χ2v) is 8.10. The van der Waals surface area contributed by atoms with Gasteiger partial charge in [0.2, 0.25) is 0 Å². The van der Waals surface area contributed by atoms with Gasteiger partial charge in [0.15, 0.2) is 0 Å². The van der Waals surface area contributed by atoms with Crippen molar-refractivity contribution in [3.05, 3.63) is 0 Å². The Balaban J connectivity index is 2.71. The van der Waals surface area contributed by atoms with Crippen molar-refractivity contribution in [1.29, 1.82) is 0 Å². The van der Waals surface area contributed by atoms with Crippen molar-refractivity contribution in [1.82, 2.24) is 4.90 Å². The first kappa shape index (κ1) is 16.3. The molecule has 1 N–H and O–H groups in total. The second kappa shape index (κ2) is 6.13. The Bertz CT molecular complexity index is 365. The van der Waals surface area contributed by atoms with Crippen molar-refractivity contribution >= 4 is 23.2 Å². The van der Waals surface area contributed by atoms with E-state index in [2.05, 4.69) is 4.40 Å². The molecule has 0 aromatic rings. The Hall–Kier alpha value is -0.750. The fourth-order valence-electron chi connectivity index (χ4n) is 2.28. The van der Waals surface area contributed by atoms with Crippen molar-refractivity contribution in [2.24, 2.45) is 16.2 Å². The van der Waals surface area contributed by atoms with Crippen molar-refractivity contribution in [2.75, 3.05) is 13.1 Å². The van der Waals surface area contributed by atoms with E-state index in [4.69, 9.17) is 5.11 Å². The number of hydrogen-bond acceptors (Lipinski definition) is 3. The van der Waals surface area contributed by atoms with Crippen molar-refractivity contribution in [3.8, 4) is 0 Å². The number of rotatable bonds is 2. The van der Waals surface area contributed by atoms with Crippen molar-refractivity contribution < 1.29 is 14.5 Å². The molecule has 0 radical (unpaired) electrons. The zero-order valence-corrected chi connectivity index (χ0v) is 13.2. The van der Waals surface area contributed by atoms with E-state index in [9.17, 15) is 9.35 Å². The van der Waals surface area contributed by atoms with Gasteiger partial charge in [-0.25, -0.2) is 4.79 Å². The van der Waals surface area contributed by atoms with E-state index in [1.165, 1.54) is 4.90 Å². The highest BCUT2D eigenvalue weighted by molar-refractivity contribution is 7.91. The normalized spacial score (nSPS) is 27.3. The zero-order valence-electron chi connectivity index (χ0n) is 12.3. The predicted octanol–water partition coefficient (Wildman–Crippen LogP) is 2.55. The molecule has 19 heavy (non-hydrogen) atoms. The number of carboxylic acid groups (broad SMARTS) is 1. The molecular formula is C13H24N2O3S. The third-order valence-electron chi connectivity index (χ3n) is 3.46. The molecule has 0 aromatic carbocycles. The molecule has 1 aliphatic rings. The van der Waals surface area contributed by atoms with Crippen LogP contribution in [0, 0.1) is 11.8 Å². The summed E-state index contributed by atoms with van der Waals surface area (Å²) in [5, 5.41) is 8.98. The van der Waals surface area contributed by atoms with E-state index >= 15 is 0 Å². The average Bonchev–Trinajstić information content (AvgIpc) is 2.26. The third-order valence-corrected chi connectivity index (χ3v) is 4.96. The van der Waals surface area contributed by atoms with Gasteiger partial charge in [-0.1, -0.05) is 11.3 Å². The van der Waals surface area contributed by atoms with Gasteiger partial charge in [-0.05, 0) is 40.0 Å². The largest absolute Gasteiger partial charge is 0.591 e. The Morgan fingerprint density at radius 3 is 2.47 bits per heavy atom. The van der Waals surface area contributed by atoms with Crippen molar-refractivity contribution in [3.63, 3.8) is 0 Å². The van der Waals surface area contributed by atoms with Gasteiger partial charge in [-0.2, -0.15) is 0 Å². The molecular weight excluding hydrogens is 264 g/mol.